The van der Waals surface area contributed by atoms with Gasteiger partial charge in [0.15, 0.2) is 0 Å². The minimum absolute atomic E-state index is 0.0143. The Balaban J connectivity index is 1.53. The van der Waals surface area contributed by atoms with Crippen LogP contribution in [0.15, 0.2) is 66.7 Å². The first-order valence-corrected chi connectivity index (χ1v) is 9.75. The Kier molecular flexibility index (Phi) is 6.86. The maximum Gasteiger partial charge on any atom is 0.228 e. The molecule has 0 fully saturated rings. The van der Waals surface area contributed by atoms with Crippen molar-refractivity contribution in [3.8, 4) is 5.75 Å². The summed E-state index contributed by atoms with van der Waals surface area (Å²) >= 11 is 0. The number of amides is 1. The van der Waals surface area contributed by atoms with Gasteiger partial charge >= 0.3 is 0 Å². The van der Waals surface area contributed by atoms with E-state index in [-0.39, 0.29) is 5.91 Å². The summed E-state index contributed by atoms with van der Waals surface area (Å²) in [5.41, 5.74) is 1.83. The highest BCUT2D eigenvalue weighted by Gasteiger charge is 2.07. The quantitative estimate of drug-likeness (QED) is 0.476. The van der Waals surface area contributed by atoms with Crippen LogP contribution in [0.4, 0.5) is 5.69 Å². The van der Waals surface area contributed by atoms with Crippen molar-refractivity contribution in [3.63, 3.8) is 0 Å². The van der Waals surface area contributed by atoms with Gasteiger partial charge in [0, 0.05) is 5.69 Å². The highest BCUT2D eigenvalue weighted by molar-refractivity contribution is 5.96. The first-order chi connectivity index (χ1) is 13.3. The molecule has 0 heterocycles. The summed E-state index contributed by atoms with van der Waals surface area (Å²) < 4.78 is 5.74. The number of anilines is 1. The Labute approximate surface area is 161 Å². The SMILES string of the molecule is CCCCCCOc1ccc(NC(=O)Cc2cccc3ccccc23)cc1. The molecular formula is C24H27NO2. The highest BCUT2D eigenvalue weighted by Crippen LogP contribution is 2.20. The second kappa shape index (κ2) is 9.77. The molecule has 0 spiro atoms. The summed E-state index contributed by atoms with van der Waals surface area (Å²) in [5, 5.41) is 5.25. The minimum atomic E-state index is -0.0143. The fourth-order valence-electron chi connectivity index (χ4n) is 3.18. The van der Waals surface area contributed by atoms with Crippen molar-refractivity contribution in [1.29, 1.82) is 0 Å². The maximum absolute atomic E-state index is 12.4. The molecule has 1 N–H and O–H groups in total. The van der Waals surface area contributed by atoms with E-state index in [9.17, 15) is 4.79 Å². The molecular weight excluding hydrogens is 334 g/mol. The van der Waals surface area contributed by atoms with Crippen molar-refractivity contribution in [1.82, 2.24) is 0 Å². The number of ether oxygens (including phenoxy) is 1. The van der Waals surface area contributed by atoms with Crippen LogP contribution in [0.5, 0.6) is 5.75 Å². The van der Waals surface area contributed by atoms with Crippen LogP contribution >= 0.6 is 0 Å². The third-order valence-electron chi connectivity index (χ3n) is 4.64. The molecule has 3 nitrogen and oxygen atoms in total. The molecule has 0 bridgehead atoms. The number of hydrogen-bond acceptors (Lipinski definition) is 2. The Bertz CT molecular complexity index is 866. The molecule has 0 aliphatic rings. The summed E-state index contributed by atoms with van der Waals surface area (Å²) in [6, 6.07) is 21.8. The summed E-state index contributed by atoms with van der Waals surface area (Å²) in [5.74, 6) is 0.832. The molecule has 3 aromatic carbocycles. The second-order valence-electron chi connectivity index (χ2n) is 6.80. The van der Waals surface area contributed by atoms with Crippen LogP contribution in [0, 0.1) is 0 Å². The molecule has 0 aliphatic carbocycles. The Morgan fingerprint density at radius 2 is 1.67 bits per heavy atom. The number of carbonyl (C=O) groups is 1. The van der Waals surface area contributed by atoms with Crippen LogP contribution in [0.2, 0.25) is 0 Å². The third kappa shape index (κ3) is 5.58. The molecule has 27 heavy (non-hydrogen) atoms. The van der Waals surface area contributed by atoms with E-state index in [4.69, 9.17) is 4.74 Å². The summed E-state index contributed by atoms with van der Waals surface area (Å²) in [4.78, 5) is 12.4. The van der Waals surface area contributed by atoms with Crippen LogP contribution in [0.1, 0.15) is 38.2 Å². The molecule has 0 aliphatic heterocycles. The minimum Gasteiger partial charge on any atom is -0.494 e. The molecule has 0 radical (unpaired) electrons. The zero-order chi connectivity index (χ0) is 18.9. The first kappa shape index (κ1) is 19.0. The van der Waals surface area contributed by atoms with E-state index in [1.54, 1.807) is 0 Å². The van der Waals surface area contributed by atoms with Crippen molar-refractivity contribution >= 4 is 22.4 Å². The van der Waals surface area contributed by atoms with Crippen LogP contribution in [-0.2, 0) is 11.2 Å². The van der Waals surface area contributed by atoms with E-state index >= 15 is 0 Å². The Hall–Kier alpha value is -2.81. The Morgan fingerprint density at radius 1 is 0.889 bits per heavy atom. The standard InChI is InChI=1S/C24H27NO2/c1-2-3-4-7-17-27-22-15-13-21(14-16-22)25-24(26)18-20-11-8-10-19-9-5-6-12-23(19)20/h5-6,8-16H,2-4,7,17-18H2,1H3,(H,25,26). The number of rotatable bonds is 9. The van der Waals surface area contributed by atoms with Crippen LogP contribution in [0.25, 0.3) is 10.8 Å². The zero-order valence-electron chi connectivity index (χ0n) is 15.9. The Morgan fingerprint density at radius 3 is 2.48 bits per heavy atom. The number of fused-ring (bicyclic) bond motifs is 1. The molecule has 1 amide bonds. The zero-order valence-corrected chi connectivity index (χ0v) is 15.9. The van der Waals surface area contributed by atoms with E-state index in [1.165, 1.54) is 19.3 Å². The van der Waals surface area contributed by atoms with Crippen molar-refractivity contribution in [3.05, 3.63) is 72.3 Å². The van der Waals surface area contributed by atoms with Gasteiger partial charge in [0.2, 0.25) is 5.91 Å². The first-order valence-electron chi connectivity index (χ1n) is 9.75. The van der Waals surface area contributed by atoms with Crippen molar-refractivity contribution < 1.29 is 9.53 Å². The van der Waals surface area contributed by atoms with Gasteiger partial charge in [-0.2, -0.15) is 0 Å². The van der Waals surface area contributed by atoms with Crippen LogP contribution in [-0.4, -0.2) is 12.5 Å². The molecule has 0 saturated carbocycles. The number of unbranched alkanes of at least 4 members (excludes halogenated alkanes) is 3. The molecule has 0 atom stereocenters. The van der Waals surface area contributed by atoms with Crippen molar-refractivity contribution in [2.75, 3.05) is 11.9 Å². The lowest BCUT2D eigenvalue weighted by atomic mass is 10.0. The lowest BCUT2D eigenvalue weighted by Crippen LogP contribution is -2.14. The molecule has 3 heteroatoms. The van der Waals surface area contributed by atoms with Gasteiger partial charge in [-0.3, -0.25) is 4.79 Å². The fourth-order valence-corrected chi connectivity index (χ4v) is 3.18. The molecule has 3 aromatic rings. The second-order valence-corrected chi connectivity index (χ2v) is 6.80. The van der Waals surface area contributed by atoms with Gasteiger partial charge in [0.1, 0.15) is 5.75 Å². The molecule has 3 rings (SSSR count). The molecule has 0 unspecified atom stereocenters. The van der Waals surface area contributed by atoms with E-state index in [1.807, 2.05) is 48.5 Å². The van der Waals surface area contributed by atoms with Gasteiger partial charge in [-0.1, -0.05) is 68.7 Å². The van der Waals surface area contributed by atoms with Gasteiger partial charge in [-0.05, 0) is 47.0 Å². The molecule has 0 saturated heterocycles. The van der Waals surface area contributed by atoms with E-state index in [0.717, 1.165) is 40.8 Å². The van der Waals surface area contributed by atoms with Crippen LogP contribution < -0.4 is 10.1 Å². The highest BCUT2D eigenvalue weighted by atomic mass is 16.5. The molecule has 0 aromatic heterocycles. The predicted molar refractivity (Wildman–Crippen MR) is 112 cm³/mol. The molecule has 140 valence electrons. The van der Waals surface area contributed by atoms with Crippen molar-refractivity contribution in [2.24, 2.45) is 0 Å². The van der Waals surface area contributed by atoms with Crippen LogP contribution in [0.3, 0.4) is 0 Å². The predicted octanol–water partition coefficient (Wildman–Crippen LogP) is 5.98. The lowest BCUT2D eigenvalue weighted by Gasteiger charge is -2.09. The van der Waals surface area contributed by atoms with Gasteiger partial charge in [0.05, 0.1) is 13.0 Å². The average molecular weight is 361 g/mol. The largest absolute Gasteiger partial charge is 0.494 e. The third-order valence-corrected chi connectivity index (χ3v) is 4.64. The summed E-state index contributed by atoms with van der Waals surface area (Å²) in [6.07, 6.45) is 5.13. The average Bonchev–Trinajstić information content (AvgIpc) is 2.69. The van der Waals surface area contributed by atoms with E-state index in [2.05, 4.69) is 30.4 Å². The number of nitrogens with one attached hydrogen (secondary N) is 1. The van der Waals surface area contributed by atoms with Gasteiger partial charge in [-0.25, -0.2) is 0 Å². The fraction of sp³-hybridized carbons (Fsp3) is 0.292. The normalized spacial score (nSPS) is 10.7. The number of benzene rings is 3. The smallest absolute Gasteiger partial charge is 0.228 e. The van der Waals surface area contributed by atoms with E-state index in [0.29, 0.717) is 6.42 Å². The van der Waals surface area contributed by atoms with Crippen molar-refractivity contribution in [2.45, 2.75) is 39.0 Å². The topological polar surface area (TPSA) is 38.3 Å². The van der Waals surface area contributed by atoms with Gasteiger partial charge in [-0.15, -0.1) is 0 Å². The monoisotopic (exact) mass is 361 g/mol. The van der Waals surface area contributed by atoms with Gasteiger partial charge in [0.25, 0.3) is 0 Å². The lowest BCUT2D eigenvalue weighted by molar-refractivity contribution is -0.115. The van der Waals surface area contributed by atoms with Gasteiger partial charge < -0.3 is 10.1 Å². The summed E-state index contributed by atoms with van der Waals surface area (Å²) in [6.45, 7) is 2.95. The number of carbonyl (C=O) groups excluding carboxylic acids is 1. The maximum atomic E-state index is 12.4. The summed E-state index contributed by atoms with van der Waals surface area (Å²) in [7, 11) is 0. The number of hydrogen-bond donors (Lipinski definition) is 1. The van der Waals surface area contributed by atoms with E-state index < -0.39 is 0 Å².